The molecule has 0 amide bonds. The Labute approximate surface area is 108 Å². The summed E-state index contributed by atoms with van der Waals surface area (Å²) >= 11 is 0. The maximum absolute atomic E-state index is 3.74. The minimum absolute atomic E-state index is 0.386. The number of unbranched alkanes of at least 4 members (excludes halogenated alkanes) is 2. The summed E-state index contributed by atoms with van der Waals surface area (Å²) < 4.78 is 0. The highest BCUT2D eigenvalue weighted by Gasteiger charge is 2.33. The lowest BCUT2D eigenvalue weighted by atomic mass is 9.89. The molecule has 1 fully saturated rings. The van der Waals surface area contributed by atoms with Gasteiger partial charge in [-0.2, -0.15) is 0 Å². The zero-order valence-electron chi connectivity index (χ0n) is 12.4. The lowest BCUT2D eigenvalue weighted by molar-refractivity contribution is 0.0875. The van der Waals surface area contributed by atoms with Gasteiger partial charge in [-0.25, -0.2) is 0 Å². The van der Waals surface area contributed by atoms with Crippen molar-refractivity contribution < 1.29 is 0 Å². The minimum atomic E-state index is 0.386. The summed E-state index contributed by atoms with van der Waals surface area (Å²) in [5.74, 6) is 0. The van der Waals surface area contributed by atoms with E-state index in [0.29, 0.717) is 5.54 Å². The van der Waals surface area contributed by atoms with Crippen LogP contribution in [0.2, 0.25) is 0 Å². The average molecular weight is 240 g/mol. The summed E-state index contributed by atoms with van der Waals surface area (Å²) in [4.78, 5) is 2.71. The van der Waals surface area contributed by atoms with E-state index in [2.05, 4.69) is 37.9 Å². The largest absolute Gasteiger partial charge is 0.309 e. The van der Waals surface area contributed by atoms with Crippen LogP contribution in [0.3, 0.4) is 0 Å². The van der Waals surface area contributed by atoms with E-state index >= 15 is 0 Å². The van der Waals surface area contributed by atoms with Crippen LogP contribution in [0.1, 0.15) is 66.2 Å². The molecule has 2 heteroatoms. The van der Waals surface area contributed by atoms with E-state index in [9.17, 15) is 0 Å². The van der Waals surface area contributed by atoms with Crippen LogP contribution in [0, 0.1) is 0 Å². The maximum atomic E-state index is 3.74. The molecule has 1 heterocycles. The van der Waals surface area contributed by atoms with Crippen LogP contribution in [0.5, 0.6) is 0 Å². The molecule has 0 spiro atoms. The molecule has 1 N–H and O–H groups in total. The van der Waals surface area contributed by atoms with Crippen LogP contribution < -0.4 is 5.32 Å². The van der Waals surface area contributed by atoms with Crippen LogP contribution in [0.15, 0.2) is 0 Å². The van der Waals surface area contributed by atoms with E-state index in [1.54, 1.807) is 0 Å². The summed E-state index contributed by atoms with van der Waals surface area (Å²) in [6.45, 7) is 13.0. The molecule has 2 nitrogen and oxygen atoms in total. The first kappa shape index (κ1) is 15.0. The standard InChI is InChI=1S/C15H32N2/c1-5-8-9-10-14(4)17-12-11-16-15(6-2,7-3)13-17/h14,16H,5-13H2,1-4H3. The SMILES string of the molecule is CCCCCC(C)N1CCNC(CC)(CC)C1. The van der Waals surface area contributed by atoms with Gasteiger partial charge in [0.15, 0.2) is 0 Å². The van der Waals surface area contributed by atoms with Gasteiger partial charge < -0.3 is 5.32 Å². The Morgan fingerprint density at radius 2 is 1.88 bits per heavy atom. The van der Waals surface area contributed by atoms with Gasteiger partial charge in [-0.15, -0.1) is 0 Å². The normalized spacial score (nSPS) is 22.6. The number of hydrogen-bond acceptors (Lipinski definition) is 2. The summed E-state index contributed by atoms with van der Waals surface area (Å²) in [6, 6.07) is 0.765. The van der Waals surface area contributed by atoms with E-state index in [1.807, 2.05) is 0 Å². The Bertz CT molecular complexity index is 199. The van der Waals surface area contributed by atoms with Gasteiger partial charge in [0, 0.05) is 31.2 Å². The third-order valence-electron chi connectivity index (χ3n) is 4.61. The number of rotatable bonds is 7. The molecule has 1 aliphatic rings. The number of nitrogens with zero attached hydrogens (tertiary/aromatic N) is 1. The van der Waals surface area contributed by atoms with Crippen molar-refractivity contribution in [2.24, 2.45) is 0 Å². The first-order valence-corrected chi connectivity index (χ1v) is 7.66. The van der Waals surface area contributed by atoms with Gasteiger partial charge in [-0.3, -0.25) is 4.90 Å². The van der Waals surface area contributed by atoms with Crippen molar-refractivity contribution in [3.05, 3.63) is 0 Å². The predicted molar refractivity (Wildman–Crippen MR) is 76.5 cm³/mol. The molecule has 0 aromatic rings. The van der Waals surface area contributed by atoms with Crippen molar-refractivity contribution in [3.63, 3.8) is 0 Å². The lowest BCUT2D eigenvalue weighted by Crippen LogP contribution is -2.61. The van der Waals surface area contributed by atoms with Crippen LogP contribution in [0.25, 0.3) is 0 Å². The summed E-state index contributed by atoms with van der Waals surface area (Å²) in [7, 11) is 0. The van der Waals surface area contributed by atoms with Crippen LogP contribution in [0.4, 0.5) is 0 Å². The Morgan fingerprint density at radius 1 is 1.18 bits per heavy atom. The summed E-state index contributed by atoms with van der Waals surface area (Å²) in [5, 5.41) is 3.74. The fourth-order valence-corrected chi connectivity index (χ4v) is 2.96. The van der Waals surface area contributed by atoms with Crippen LogP contribution in [-0.2, 0) is 0 Å². The van der Waals surface area contributed by atoms with Crippen molar-refractivity contribution in [3.8, 4) is 0 Å². The third kappa shape index (κ3) is 4.26. The maximum Gasteiger partial charge on any atom is 0.0304 e. The van der Waals surface area contributed by atoms with E-state index in [-0.39, 0.29) is 0 Å². The monoisotopic (exact) mass is 240 g/mol. The topological polar surface area (TPSA) is 15.3 Å². The molecule has 0 aromatic heterocycles. The van der Waals surface area contributed by atoms with E-state index in [4.69, 9.17) is 0 Å². The summed E-state index contributed by atoms with van der Waals surface area (Å²) in [5.41, 5.74) is 0.386. The smallest absolute Gasteiger partial charge is 0.0304 e. The van der Waals surface area contributed by atoms with E-state index < -0.39 is 0 Å². The third-order valence-corrected chi connectivity index (χ3v) is 4.61. The molecule has 102 valence electrons. The zero-order valence-corrected chi connectivity index (χ0v) is 12.4. The van der Waals surface area contributed by atoms with Crippen molar-refractivity contribution >= 4 is 0 Å². The van der Waals surface area contributed by atoms with Crippen molar-refractivity contribution in [2.45, 2.75) is 77.8 Å². The molecule has 0 saturated carbocycles. The molecule has 1 unspecified atom stereocenters. The molecule has 1 rings (SSSR count). The molecular formula is C15H32N2. The second-order valence-corrected chi connectivity index (χ2v) is 5.73. The summed E-state index contributed by atoms with van der Waals surface area (Å²) in [6.07, 6.45) is 8.00. The zero-order chi connectivity index (χ0) is 12.7. The predicted octanol–water partition coefficient (Wildman–Crippen LogP) is 3.42. The van der Waals surface area contributed by atoms with Gasteiger partial charge in [-0.05, 0) is 26.2 Å². The number of hydrogen-bond donors (Lipinski definition) is 1. The van der Waals surface area contributed by atoms with Crippen molar-refractivity contribution in [2.75, 3.05) is 19.6 Å². The molecule has 0 aromatic carbocycles. The Hall–Kier alpha value is -0.0800. The second kappa shape index (κ2) is 7.38. The second-order valence-electron chi connectivity index (χ2n) is 5.73. The Balaban J connectivity index is 2.42. The minimum Gasteiger partial charge on any atom is -0.309 e. The van der Waals surface area contributed by atoms with Crippen LogP contribution >= 0.6 is 0 Å². The first-order valence-electron chi connectivity index (χ1n) is 7.66. The van der Waals surface area contributed by atoms with Gasteiger partial charge >= 0.3 is 0 Å². The molecule has 17 heavy (non-hydrogen) atoms. The number of nitrogens with one attached hydrogen (secondary N) is 1. The van der Waals surface area contributed by atoms with E-state index in [0.717, 1.165) is 6.04 Å². The van der Waals surface area contributed by atoms with Gasteiger partial charge in [0.2, 0.25) is 0 Å². The highest BCUT2D eigenvalue weighted by atomic mass is 15.2. The van der Waals surface area contributed by atoms with Crippen LogP contribution in [-0.4, -0.2) is 36.1 Å². The van der Waals surface area contributed by atoms with Crippen molar-refractivity contribution in [1.29, 1.82) is 0 Å². The molecule has 0 aliphatic carbocycles. The quantitative estimate of drug-likeness (QED) is 0.686. The van der Waals surface area contributed by atoms with Gasteiger partial charge in [0.1, 0.15) is 0 Å². The lowest BCUT2D eigenvalue weighted by Gasteiger charge is -2.45. The molecular weight excluding hydrogens is 208 g/mol. The van der Waals surface area contributed by atoms with Gasteiger partial charge in [-0.1, -0.05) is 40.0 Å². The fourth-order valence-electron chi connectivity index (χ4n) is 2.96. The molecule has 1 atom stereocenters. The highest BCUT2D eigenvalue weighted by Crippen LogP contribution is 2.22. The molecule has 1 aliphatic heterocycles. The molecule has 1 saturated heterocycles. The van der Waals surface area contributed by atoms with Crippen molar-refractivity contribution in [1.82, 2.24) is 10.2 Å². The number of piperazine rings is 1. The van der Waals surface area contributed by atoms with Gasteiger partial charge in [0.05, 0.1) is 0 Å². The van der Waals surface area contributed by atoms with Gasteiger partial charge in [0.25, 0.3) is 0 Å². The highest BCUT2D eigenvalue weighted by molar-refractivity contribution is 4.93. The fraction of sp³-hybridized carbons (Fsp3) is 1.00. The Kier molecular flexibility index (Phi) is 6.50. The average Bonchev–Trinajstić information content (AvgIpc) is 2.39. The molecule has 0 radical (unpaired) electrons. The van der Waals surface area contributed by atoms with E-state index in [1.165, 1.54) is 58.2 Å². The Morgan fingerprint density at radius 3 is 2.47 bits per heavy atom. The molecule has 0 bridgehead atoms. The first-order chi connectivity index (χ1) is 8.17.